The van der Waals surface area contributed by atoms with Crippen molar-refractivity contribution in [1.82, 2.24) is 14.3 Å². The van der Waals surface area contributed by atoms with Crippen LogP contribution in [0, 0.1) is 0 Å². The molecule has 0 saturated heterocycles. The number of para-hydroxylation sites is 1. The summed E-state index contributed by atoms with van der Waals surface area (Å²) >= 11 is 0. The van der Waals surface area contributed by atoms with Crippen molar-refractivity contribution in [2.45, 2.75) is 32.9 Å². The van der Waals surface area contributed by atoms with Gasteiger partial charge in [-0.15, -0.1) is 0 Å². The van der Waals surface area contributed by atoms with Gasteiger partial charge in [-0.2, -0.15) is 9.67 Å². The molecule has 6 nitrogen and oxygen atoms in total. The van der Waals surface area contributed by atoms with Gasteiger partial charge in [0, 0.05) is 12.2 Å². The molecule has 104 valence electrons. The van der Waals surface area contributed by atoms with Crippen LogP contribution in [0.25, 0.3) is 0 Å². The molecule has 3 rings (SSSR count). The van der Waals surface area contributed by atoms with Gasteiger partial charge in [0.05, 0.1) is 6.54 Å². The van der Waals surface area contributed by atoms with Crippen LogP contribution < -0.4 is 10.6 Å². The lowest BCUT2D eigenvalue weighted by molar-refractivity contribution is 0.243. The first-order valence-electron chi connectivity index (χ1n) is 6.78. The second-order valence-electron chi connectivity index (χ2n) is 4.80. The third kappa shape index (κ3) is 1.93. The number of rotatable bonds is 4. The average molecular weight is 272 g/mol. The molecular weight excluding hydrogens is 256 g/mol. The van der Waals surface area contributed by atoms with Crippen molar-refractivity contribution in [3.63, 3.8) is 0 Å². The van der Waals surface area contributed by atoms with Gasteiger partial charge in [0.25, 0.3) is 0 Å². The van der Waals surface area contributed by atoms with Crippen LogP contribution in [0.5, 0.6) is 0 Å². The van der Waals surface area contributed by atoms with Crippen molar-refractivity contribution >= 4 is 11.7 Å². The van der Waals surface area contributed by atoms with Gasteiger partial charge in [-0.3, -0.25) is 4.90 Å². The molecule has 2 aromatic rings. The number of fused-ring (bicyclic) bond motifs is 1. The minimum atomic E-state index is -0.338. The first-order chi connectivity index (χ1) is 9.72. The lowest BCUT2D eigenvalue weighted by atomic mass is 10.3. The van der Waals surface area contributed by atoms with Gasteiger partial charge in [-0.25, -0.2) is 14.3 Å². The van der Waals surface area contributed by atoms with Gasteiger partial charge in [0.15, 0.2) is 5.82 Å². The largest absolute Gasteiger partial charge is 0.364 e. The molecule has 0 atom stereocenters. The zero-order chi connectivity index (χ0) is 14.1. The van der Waals surface area contributed by atoms with Crippen LogP contribution in [0.2, 0.25) is 0 Å². The Morgan fingerprint density at radius 1 is 1.20 bits per heavy atom. The summed E-state index contributed by atoms with van der Waals surface area (Å²) in [5, 5.41) is 0. The number of aromatic nitrogens is 3. The minimum absolute atomic E-state index is 0.211. The fraction of sp³-hybridized carbons (Fsp3) is 0.357. The van der Waals surface area contributed by atoms with Gasteiger partial charge in [0.2, 0.25) is 0 Å². The highest BCUT2D eigenvalue weighted by atomic mass is 16.2. The molecule has 2 heterocycles. The summed E-state index contributed by atoms with van der Waals surface area (Å²) in [5.41, 5.74) is 0.479. The van der Waals surface area contributed by atoms with E-state index in [9.17, 15) is 9.59 Å². The lowest BCUT2D eigenvalue weighted by Gasteiger charge is -2.15. The third-order valence-corrected chi connectivity index (χ3v) is 3.43. The summed E-state index contributed by atoms with van der Waals surface area (Å²) in [6, 6.07) is 9.20. The maximum Gasteiger partial charge on any atom is 0.364 e. The Kier molecular flexibility index (Phi) is 3.14. The first kappa shape index (κ1) is 12.7. The average Bonchev–Trinajstić information content (AvgIpc) is 2.94. The number of unbranched alkanes of at least 4 members (excludes halogenated alkanes) is 1. The second kappa shape index (κ2) is 4.96. The van der Waals surface area contributed by atoms with E-state index in [0.717, 1.165) is 18.5 Å². The van der Waals surface area contributed by atoms with E-state index in [-0.39, 0.29) is 11.7 Å². The summed E-state index contributed by atoms with van der Waals surface area (Å²) in [6.45, 7) is 2.91. The van der Waals surface area contributed by atoms with E-state index in [4.69, 9.17) is 0 Å². The molecule has 1 amide bonds. The lowest BCUT2D eigenvalue weighted by Crippen LogP contribution is -2.33. The summed E-state index contributed by atoms with van der Waals surface area (Å²) in [4.78, 5) is 29.9. The number of carbonyl (C=O) groups is 1. The van der Waals surface area contributed by atoms with E-state index in [1.165, 1.54) is 9.36 Å². The molecule has 0 fully saturated rings. The van der Waals surface area contributed by atoms with Crippen LogP contribution in [0.1, 0.15) is 25.6 Å². The molecule has 0 aliphatic carbocycles. The summed E-state index contributed by atoms with van der Waals surface area (Å²) in [7, 11) is 0. The van der Waals surface area contributed by atoms with Crippen LogP contribution in [0.15, 0.2) is 35.1 Å². The van der Waals surface area contributed by atoms with E-state index < -0.39 is 0 Å². The zero-order valence-electron chi connectivity index (χ0n) is 11.3. The maximum absolute atomic E-state index is 12.5. The molecule has 0 N–H and O–H groups in total. The van der Waals surface area contributed by atoms with Crippen molar-refractivity contribution in [2.75, 3.05) is 4.90 Å². The van der Waals surface area contributed by atoms with Crippen molar-refractivity contribution in [1.29, 1.82) is 0 Å². The molecule has 0 unspecified atom stereocenters. The monoisotopic (exact) mass is 272 g/mol. The standard InChI is InChI=1S/C14H16N4O2/c1-2-3-9-17-13(19)15-12-10-16(14(20)18(12)17)11-7-5-4-6-8-11/h4-8H,2-3,9-10H2,1H3. The van der Waals surface area contributed by atoms with Crippen molar-refractivity contribution in [3.8, 4) is 0 Å². The Balaban J connectivity index is 1.96. The smallest absolute Gasteiger partial charge is 0.285 e. The molecular formula is C14H16N4O2. The summed E-state index contributed by atoms with van der Waals surface area (Å²) in [5.74, 6) is 0.514. The Bertz CT molecular complexity index is 687. The van der Waals surface area contributed by atoms with Crippen LogP contribution in [-0.2, 0) is 13.1 Å². The molecule has 6 heteroatoms. The van der Waals surface area contributed by atoms with Crippen LogP contribution in [-0.4, -0.2) is 20.4 Å². The van der Waals surface area contributed by atoms with Gasteiger partial charge >= 0.3 is 11.7 Å². The molecule has 0 saturated carbocycles. The quantitative estimate of drug-likeness (QED) is 0.853. The topological polar surface area (TPSA) is 60.1 Å². The fourth-order valence-electron chi connectivity index (χ4n) is 2.39. The summed E-state index contributed by atoms with van der Waals surface area (Å²) in [6.07, 6.45) is 1.81. The molecule has 0 bridgehead atoms. The van der Waals surface area contributed by atoms with Crippen molar-refractivity contribution < 1.29 is 4.79 Å². The third-order valence-electron chi connectivity index (χ3n) is 3.43. The van der Waals surface area contributed by atoms with Crippen LogP contribution >= 0.6 is 0 Å². The Morgan fingerprint density at radius 2 is 1.95 bits per heavy atom. The highest BCUT2D eigenvalue weighted by molar-refractivity contribution is 5.95. The fourth-order valence-corrected chi connectivity index (χ4v) is 2.39. The van der Waals surface area contributed by atoms with E-state index in [0.29, 0.717) is 18.9 Å². The second-order valence-corrected chi connectivity index (χ2v) is 4.80. The zero-order valence-corrected chi connectivity index (χ0v) is 11.3. The summed E-state index contributed by atoms with van der Waals surface area (Å²) < 4.78 is 2.84. The Labute approximate surface area is 116 Å². The molecule has 20 heavy (non-hydrogen) atoms. The number of hydrogen-bond acceptors (Lipinski definition) is 3. The van der Waals surface area contributed by atoms with E-state index in [1.54, 1.807) is 4.90 Å². The predicted molar refractivity (Wildman–Crippen MR) is 74.8 cm³/mol. The van der Waals surface area contributed by atoms with Crippen LogP contribution in [0.4, 0.5) is 10.5 Å². The molecule has 1 aliphatic heterocycles. The Hall–Kier alpha value is -2.37. The van der Waals surface area contributed by atoms with Gasteiger partial charge < -0.3 is 0 Å². The minimum Gasteiger partial charge on any atom is -0.285 e. The number of nitrogens with zero attached hydrogens (tertiary/aromatic N) is 4. The molecule has 0 radical (unpaired) electrons. The van der Waals surface area contributed by atoms with Gasteiger partial charge in [-0.05, 0) is 18.6 Å². The number of hydrogen-bond donors (Lipinski definition) is 0. The maximum atomic E-state index is 12.5. The van der Waals surface area contributed by atoms with Gasteiger partial charge in [0.1, 0.15) is 0 Å². The highest BCUT2D eigenvalue weighted by Gasteiger charge is 2.32. The van der Waals surface area contributed by atoms with Crippen LogP contribution in [0.3, 0.4) is 0 Å². The first-order valence-corrected chi connectivity index (χ1v) is 6.78. The number of benzene rings is 1. The van der Waals surface area contributed by atoms with Crippen molar-refractivity contribution in [3.05, 3.63) is 46.6 Å². The molecule has 1 aliphatic rings. The number of anilines is 1. The Morgan fingerprint density at radius 3 is 2.65 bits per heavy atom. The van der Waals surface area contributed by atoms with E-state index in [2.05, 4.69) is 4.98 Å². The van der Waals surface area contributed by atoms with E-state index >= 15 is 0 Å². The molecule has 1 aromatic heterocycles. The number of carbonyl (C=O) groups excluding carboxylic acids is 1. The molecule has 1 aromatic carbocycles. The highest BCUT2D eigenvalue weighted by Crippen LogP contribution is 2.22. The van der Waals surface area contributed by atoms with E-state index in [1.807, 2.05) is 37.3 Å². The van der Waals surface area contributed by atoms with Crippen molar-refractivity contribution in [2.24, 2.45) is 0 Å². The normalized spacial score (nSPS) is 13.8. The predicted octanol–water partition coefficient (Wildman–Crippen LogP) is 1.83. The SMILES string of the molecule is CCCCn1c(=O)nc2n1C(=O)N(c1ccccc1)C2. The van der Waals surface area contributed by atoms with Gasteiger partial charge in [-0.1, -0.05) is 31.5 Å². The number of amides is 1. The molecule has 0 spiro atoms.